The number of carbonyl (C=O) groups is 2. The first-order valence-electron chi connectivity index (χ1n) is 11.7. The molecule has 8 nitrogen and oxygen atoms in total. The monoisotopic (exact) mass is 493 g/mol. The van der Waals surface area contributed by atoms with Crippen LogP contribution in [0.1, 0.15) is 0 Å². The van der Waals surface area contributed by atoms with E-state index in [1.54, 1.807) is 7.05 Å². The third-order valence-electron chi connectivity index (χ3n) is 5.78. The van der Waals surface area contributed by atoms with Gasteiger partial charge >= 0.3 is 0 Å². The molecule has 0 spiro atoms. The van der Waals surface area contributed by atoms with Gasteiger partial charge in [-0.15, -0.1) is 0 Å². The van der Waals surface area contributed by atoms with Crippen LogP contribution < -0.4 is 5.32 Å². The number of carbonyl (C=O) groups excluding carboxylic acids is 2. The van der Waals surface area contributed by atoms with E-state index in [-0.39, 0.29) is 24.1 Å². The van der Waals surface area contributed by atoms with Gasteiger partial charge in [0.1, 0.15) is 0 Å². The molecule has 0 aliphatic carbocycles. The lowest BCUT2D eigenvalue weighted by molar-refractivity contribution is -0.132. The van der Waals surface area contributed by atoms with Gasteiger partial charge < -0.3 is 19.9 Å². The number of rotatable bonds is 10. The summed E-state index contributed by atoms with van der Waals surface area (Å²) in [7, 11) is 1.65. The minimum absolute atomic E-state index is 0.0329. The number of H-pyrrole nitrogens is 1. The number of hydrogen-bond donors (Lipinski definition) is 2. The molecule has 0 bridgehead atoms. The molecular formula is C26H31N5O3S. The van der Waals surface area contributed by atoms with Crippen LogP contribution in [0.4, 0.5) is 0 Å². The summed E-state index contributed by atoms with van der Waals surface area (Å²) in [5.74, 6) is -0.0971. The molecule has 1 aliphatic rings. The molecule has 1 fully saturated rings. The van der Waals surface area contributed by atoms with E-state index in [0.29, 0.717) is 11.7 Å². The Kier molecular flexibility index (Phi) is 8.94. The van der Waals surface area contributed by atoms with Gasteiger partial charge in [-0.3, -0.25) is 14.5 Å². The number of benzene rings is 2. The van der Waals surface area contributed by atoms with Crippen molar-refractivity contribution in [1.29, 1.82) is 0 Å². The molecule has 0 unspecified atom stereocenters. The molecule has 1 saturated heterocycles. The summed E-state index contributed by atoms with van der Waals surface area (Å²) in [5, 5.41) is 3.56. The van der Waals surface area contributed by atoms with E-state index in [1.165, 1.54) is 16.7 Å². The highest BCUT2D eigenvalue weighted by molar-refractivity contribution is 7.99. The van der Waals surface area contributed by atoms with Crippen molar-refractivity contribution in [3.63, 3.8) is 0 Å². The Balaban J connectivity index is 1.31. The molecule has 2 heterocycles. The van der Waals surface area contributed by atoms with E-state index < -0.39 is 0 Å². The molecule has 4 rings (SSSR count). The fourth-order valence-corrected chi connectivity index (χ4v) is 4.63. The Morgan fingerprint density at radius 1 is 1.06 bits per heavy atom. The predicted octanol–water partition coefficient (Wildman–Crippen LogP) is 2.74. The molecule has 0 atom stereocenters. The third kappa shape index (κ3) is 7.17. The highest BCUT2D eigenvalue weighted by Crippen LogP contribution is 2.32. The van der Waals surface area contributed by atoms with Gasteiger partial charge in [0.05, 0.1) is 36.9 Å². The van der Waals surface area contributed by atoms with E-state index in [0.717, 1.165) is 55.4 Å². The molecule has 1 aliphatic heterocycles. The summed E-state index contributed by atoms with van der Waals surface area (Å²) in [5.41, 5.74) is 3.80. The van der Waals surface area contributed by atoms with Crippen LogP contribution in [-0.4, -0.2) is 90.3 Å². The van der Waals surface area contributed by atoms with E-state index in [9.17, 15) is 9.59 Å². The average Bonchev–Trinajstić information content (AvgIpc) is 3.33. The Hall–Kier alpha value is -3.14. The first kappa shape index (κ1) is 25.0. The van der Waals surface area contributed by atoms with Gasteiger partial charge in [0.15, 0.2) is 5.16 Å². The van der Waals surface area contributed by atoms with Gasteiger partial charge in [0.25, 0.3) is 0 Å². The van der Waals surface area contributed by atoms with Crippen molar-refractivity contribution in [3.8, 4) is 22.5 Å². The minimum Gasteiger partial charge on any atom is -0.379 e. The number of hydrogen-bond acceptors (Lipinski definition) is 6. The van der Waals surface area contributed by atoms with Crippen molar-refractivity contribution in [2.45, 2.75) is 5.16 Å². The van der Waals surface area contributed by atoms with Crippen molar-refractivity contribution in [3.05, 3.63) is 60.7 Å². The lowest BCUT2D eigenvalue weighted by Gasteiger charge is -2.26. The topological polar surface area (TPSA) is 90.6 Å². The number of amides is 2. The standard InChI is InChI=1S/C26H31N5O3S/c1-30(18-22(32)27-12-13-31-14-16-34-17-15-31)23(33)19-35-26-28-24(20-8-4-2-5-9-20)25(29-26)21-10-6-3-7-11-21/h2-11H,12-19H2,1H3,(H,27,32)(H,28,29). The maximum atomic E-state index is 12.7. The average molecular weight is 494 g/mol. The molecule has 35 heavy (non-hydrogen) atoms. The zero-order valence-corrected chi connectivity index (χ0v) is 20.7. The largest absolute Gasteiger partial charge is 0.379 e. The SMILES string of the molecule is CN(CC(=O)NCCN1CCOCC1)C(=O)CSc1nc(-c2ccccc2)c(-c2ccccc2)[nH]1. The summed E-state index contributed by atoms with van der Waals surface area (Å²) < 4.78 is 5.33. The molecule has 184 valence electrons. The van der Waals surface area contributed by atoms with Gasteiger partial charge in [-0.1, -0.05) is 72.4 Å². The molecule has 1 aromatic heterocycles. The number of nitrogens with zero attached hydrogens (tertiary/aromatic N) is 3. The Bertz CT molecular complexity index is 1040. The van der Waals surface area contributed by atoms with Crippen molar-refractivity contribution >= 4 is 23.6 Å². The molecule has 2 aromatic carbocycles. The van der Waals surface area contributed by atoms with Gasteiger partial charge in [-0.05, 0) is 0 Å². The van der Waals surface area contributed by atoms with Crippen LogP contribution in [0.25, 0.3) is 22.5 Å². The van der Waals surface area contributed by atoms with Gasteiger partial charge in [-0.2, -0.15) is 0 Å². The van der Waals surface area contributed by atoms with Crippen LogP contribution in [0.5, 0.6) is 0 Å². The third-order valence-corrected chi connectivity index (χ3v) is 6.64. The lowest BCUT2D eigenvalue weighted by atomic mass is 10.1. The van der Waals surface area contributed by atoms with E-state index >= 15 is 0 Å². The quantitative estimate of drug-likeness (QED) is 0.422. The molecule has 3 aromatic rings. The van der Waals surface area contributed by atoms with Crippen LogP contribution in [0.2, 0.25) is 0 Å². The zero-order chi connectivity index (χ0) is 24.5. The number of aromatic nitrogens is 2. The van der Waals surface area contributed by atoms with Crippen molar-refractivity contribution < 1.29 is 14.3 Å². The highest BCUT2D eigenvalue weighted by atomic mass is 32.2. The van der Waals surface area contributed by atoms with Gasteiger partial charge in [-0.25, -0.2) is 4.98 Å². The van der Waals surface area contributed by atoms with Crippen molar-refractivity contribution in [1.82, 2.24) is 25.1 Å². The lowest BCUT2D eigenvalue weighted by Crippen LogP contribution is -2.44. The second-order valence-corrected chi connectivity index (χ2v) is 9.30. The van der Waals surface area contributed by atoms with Crippen molar-refractivity contribution in [2.75, 3.05) is 58.7 Å². The molecule has 2 amide bonds. The highest BCUT2D eigenvalue weighted by Gasteiger charge is 2.18. The maximum Gasteiger partial charge on any atom is 0.239 e. The normalized spacial score (nSPS) is 14.0. The van der Waals surface area contributed by atoms with E-state index in [2.05, 4.69) is 15.2 Å². The zero-order valence-electron chi connectivity index (χ0n) is 19.9. The summed E-state index contributed by atoms with van der Waals surface area (Å²) in [6.07, 6.45) is 0. The first-order valence-corrected chi connectivity index (χ1v) is 12.7. The number of morpholine rings is 1. The van der Waals surface area contributed by atoms with Gasteiger partial charge in [0.2, 0.25) is 11.8 Å². The minimum atomic E-state index is -0.158. The van der Waals surface area contributed by atoms with Crippen molar-refractivity contribution in [2.24, 2.45) is 0 Å². The Morgan fingerprint density at radius 2 is 1.71 bits per heavy atom. The predicted molar refractivity (Wildman–Crippen MR) is 138 cm³/mol. The Labute approximate surface area is 210 Å². The van der Waals surface area contributed by atoms with E-state index in [4.69, 9.17) is 9.72 Å². The Morgan fingerprint density at radius 3 is 2.40 bits per heavy atom. The van der Waals surface area contributed by atoms with Crippen LogP contribution in [0.15, 0.2) is 65.8 Å². The number of ether oxygens (including phenoxy) is 1. The van der Waals surface area contributed by atoms with Crippen LogP contribution in [0.3, 0.4) is 0 Å². The second kappa shape index (κ2) is 12.5. The molecule has 0 saturated carbocycles. The summed E-state index contributed by atoms with van der Waals surface area (Å²) in [4.78, 5) is 36.8. The number of thioether (sulfide) groups is 1. The smallest absolute Gasteiger partial charge is 0.239 e. The number of likely N-dealkylation sites (N-methyl/N-ethyl adjacent to an activating group) is 1. The van der Waals surface area contributed by atoms with Crippen LogP contribution >= 0.6 is 11.8 Å². The first-order chi connectivity index (χ1) is 17.1. The molecule has 2 N–H and O–H groups in total. The maximum absolute atomic E-state index is 12.7. The fourth-order valence-electron chi connectivity index (χ4n) is 3.82. The van der Waals surface area contributed by atoms with Crippen LogP contribution in [0, 0.1) is 0 Å². The molecular weight excluding hydrogens is 462 g/mol. The van der Waals surface area contributed by atoms with E-state index in [1.807, 2.05) is 60.7 Å². The molecule has 0 radical (unpaired) electrons. The van der Waals surface area contributed by atoms with Crippen LogP contribution in [-0.2, 0) is 14.3 Å². The number of aromatic amines is 1. The van der Waals surface area contributed by atoms with Gasteiger partial charge in [0, 0.05) is 44.4 Å². The molecule has 9 heteroatoms. The summed E-state index contributed by atoms with van der Waals surface area (Å²) >= 11 is 1.34. The second-order valence-electron chi connectivity index (χ2n) is 8.34. The summed E-state index contributed by atoms with van der Waals surface area (Å²) in [6.45, 7) is 4.62. The number of imidazole rings is 1. The summed E-state index contributed by atoms with van der Waals surface area (Å²) in [6, 6.07) is 20.0. The number of nitrogens with one attached hydrogen (secondary N) is 2. The fraction of sp³-hybridized carbons (Fsp3) is 0.346.